The first kappa shape index (κ1) is 18.7. The van der Waals surface area contributed by atoms with Crippen molar-refractivity contribution in [1.82, 2.24) is 10.3 Å². The zero-order chi connectivity index (χ0) is 14.4. The number of aliphatic imine (C=N–C) groups is 1. The van der Waals surface area contributed by atoms with Crippen LogP contribution in [-0.2, 0) is 6.54 Å². The van der Waals surface area contributed by atoms with Gasteiger partial charge in [-0.2, -0.15) is 0 Å². The average Bonchev–Trinajstić information content (AvgIpc) is 2.75. The van der Waals surface area contributed by atoms with Gasteiger partial charge in [-0.15, -0.1) is 35.3 Å². The van der Waals surface area contributed by atoms with Crippen LogP contribution in [0.4, 0.5) is 0 Å². The first-order valence-corrected chi connectivity index (χ1v) is 8.54. The van der Waals surface area contributed by atoms with Gasteiger partial charge in [-0.1, -0.05) is 39.5 Å². The van der Waals surface area contributed by atoms with Crippen LogP contribution >= 0.6 is 35.3 Å². The van der Waals surface area contributed by atoms with Crippen molar-refractivity contribution in [2.75, 3.05) is 0 Å². The predicted octanol–water partition coefficient (Wildman–Crippen LogP) is 4.01. The highest BCUT2D eigenvalue weighted by atomic mass is 127. The van der Waals surface area contributed by atoms with Gasteiger partial charge in [0.1, 0.15) is 5.01 Å². The molecule has 1 fully saturated rings. The first-order valence-electron chi connectivity index (χ1n) is 7.66. The van der Waals surface area contributed by atoms with E-state index in [9.17, 15) is 0 Å². The smallest absolute Gasteiger partial charge is 0.189 e. The lowest BCUT2D eigenvalue weighted by atomic mass is 10.1. The number of rotatable bonds is 4. The van der Waals surface area contributed by atoms with Crippen LogP contribution in [0.2, 0.25) is 0 Å². The second kappa shape index (κ2) is 9.61. The normalized spacial score (nSPS) is 17.4. The third-order valence-electron chi connectivity index (χ3n) is 3.75. The Bertz CT molecular complexity index is 437. The molecule has 2 rings (SSSR count). The summed E-state index contributed by atoms with van der Waals surface area (Å²) in [6.45, 7) is 4.90. The molecule has 0 radical (unpaired) electrons. The highest BCUT2D eigenvalue weighted by Crippen LogP contribution is 2.19. The van der Waals surface area contributed by atoms with E-state index in [1.54, 1.807) is 11.3 Å². The molecular weight excluding hydrogens is 395 g/mol. The fraction of sp³-hybridized carbons (Fsp3) is 0.733. The number of halogens is 1. The molecule has 1 heterocycles. The van der Waals surface area contributed by atoms with E-state index in [4.69, 9.17) is 5.73 Å². The molecule has 0 saturated heterocycles. The molecule has 0 atom stereocenters. The second-order valence-electron chi connectivity index (χ2n) is 5.86. The molecule has 1 aliphatic carbocycles. The van der Waals surface area contributed by atoms with Crippen molar-refractivity contribution < 1.29 is 0 Å². The molecule has 1 aromatic heterocycles. The lowest BCUT2D eigenvalue weighted by Crippen LogP contribution is -2.39. The lowest BCUT2D eigenvalue weighted by Gasteiger charge is -2.16. The van der Waals surface area contributed by atoms with E-state index in [0.29, 0.717) is 24.5 Å². The molecule has 0 aliphatic heterocycles. The molecule has 0 bridgehead atoms. The van der Waals surface area contributed by atoms with Gasteiger partial charge >= 0.3 is 0 Å². The van der Waals surface area contributed by atoms with Crippen LogP contribution in [0, 0.1) is 0 Å². The molecule has 1 aliphatic rings. The Balaban J connectivity index is 0.00000220. The van der Waals surface area contributed by atoms with Gasteiger partial charge in [-0.3, -0.25) is 0 Å². The summed E-state index contributed by atoms with van der Waals surface area (Å²) in [4.78, 5) is 8.99. The Hall–Kier alpha value is -0.370. The van der Waals surface area contributed by atoms with E-state index in [1.807, 2.05) is 0 Å². The molecular formula is C15H27IN4S. The van der Waals surface area contributed by atoms with Crippen molar-refractivity contribution in [3.05, 3.63) is 16.1 Å². The minimum atomic E-state index is 0. The van der Waals surface area contributed by atoms with Gasteiger partial charge in [0, 0.05) is 11.4 Å². The average molecular weight is 422 g/mol. The predicted molar refractivity (Wildman–Crippen MR) is 102 cm³/mol. The minimum Gasteiger partial charge on any atom is -0.370 e. The third kappa shape index (κ3) is 6.50. The molecule has 0 amide bonds. The van der Waals surface area contributed by atoms with Gasteiger partial charge in [-0.05, 0) is 18.8 Å². The summed E-state index contributed by atoms with van der Waals surface area (Å²) in [7, 11) is 0. The first-order chi connectivity index (χ1) is 9.65. The number of nitrogens with zero attached hydrogens (tertiary/aromatic N) is 2. The van der Waals surface area contributed by atoms with Crippen molar-refractivity contribution in [2.24, 2.45) is 10.7 Å². The summed E-state index contributed by atoms with van der Waals surface area (Å²) >= 11 is 1.67. The van der Waals surface area contributed by atoms with Crippen LogP contribution in [0.5, 0.6) is 0 Å². The van der Waals surface area contributed by atoms with E-state index in [2.05, 4.69) is 34.5 Å². The molecule has 6 heteroatoms. The monoisotopic (exact) mass is 422 g/mol. The van der Waals surface area contributed by atoms with E-state index in [1.165, 1.54) is 38.5 Å². The summed E-state index contributed by atoms with van der Waals surface area (Å²) in [5.41, 5.74) is 7.13. The van der Waals surface area contributed by atoms with Crippen molar-refractivity contribution >= 4 is 41.3 Å². The van der Waals surface area contributed by atoms with E-state index in [-0.39, 0.29) is 24.0 Å². The van der Waals surface area contributed by atoms with Gasteiger partial charge < -0.3 is 11.1 Å². The Morgan fingerprint density at radius 2 is 2.05 bits per heavy atom. The number of guanidine groups is 1. The van der Waals surface area contributed by atoms with Crippen LogP contribution in [-0.4, -0.2) is 17.0 Å². The topological polar surface area (TPSA) is 63.3 Å². The standard InChI is InChI=1S/C15H26N4S.HI/c1-11(2)13-10-20-14(19-13)9-17-15(16)18-12-7-5-3-4-6-8-12;/h10-12H,3-9H2,1-2H3,(H3,16,17,18);1H. The molecule has 3 N–H and O–H groups in total. The number of aromatic nitrogens is 1. The number of thiazole rings is 1. The molecule has 0 unspecified atom stereocenters. The van der Waals surface area contributed by atoms with Crippen LogP contribution in [0.25, 0.3) is 0 Å². The van der Waals surface area contributed by atoms with Crippen molar-refractivity contribution in [3.8, 4) is 0 Å². The van der Waals surface area contributed by atoms with Gasteiger partial charge in [0.05, 0.1) is 12.2 Å². The van der Waals surface area contributed by atoms with Gasteiger partial charge in [-0.25, -0.2) is 9.98 Å². The Labute approximate surface area is 149 Å². The third-order valence-corrected chi connectivity index (χ3v) is 4.60. The molecule has 120 valence electrons. The summed E-state index contributed by atoms with van der Waals surface area (Å²) in [5.74, 6) is 1.05. The molecule has 1 aromatic rings. The summed E-state index contributed by atoms with van der Waals surface area (Å²) < 4.78 is 0. The van der Waals surface area contributed by atoms with Crippen LogP contribution in [0.1, 0.15) is 69.0 Å². The lowest BCUT2D eigenvalue weighted by molar-refractivity contribution is 0.530. The number of hydrogen-bond acceptors (Lipinski definition) is 3. The van der Waals surface area contributed by atoms with Crippen LogP contribution in [0.15, 0.2) is 10.4 Å². The fourth-order valence-corrected chi connectivity index (χ4v) is 3.37. The molecule has 0 spiro atoms. The van der Waals surface area contributed by atoms with Crippen molar-refractivity contribution in [2.45, 2.75) is 70.9 Å². The van der Waals surface area contributed by atoms with Gasteiger partial charge in [0.2, 0.25) is 0 Å². The quantitative estimate of drug-likeness (QED) is 0.334. The minimum absolute atomic E-state index is 0. The molecule has 0 aromatic carbocycles. The fourth-order valence-electron chi connectivity index (χ4n) is 2.49. The van der Waals surface area contributed by atoms with E-state index >= 15 is 0 Å². The highest BCUT2D eigenvalue weighted by Gasteiger charge is 2.12. The van der Waals surface area contributed by atoms with E-state index < -0.39 is 0 Å². The molecule has 1 saturated carbocycles. The maximum atomic E-state index is 5.99. The Morgan fingerprint density at radius 3 is 2.62 bits per heavy atom. The zero-order valence-electron chi connectivity index (χ0n) is 13.0. The summed E-state index contributed by atoms with van der Waals surface area (Å²) in [6.07, 6.45) is 7.74. The maximum Gasteiger partial charge on any atom is 0.189 e. The summed E-state index contributed by atoms with van der Waals surface area (Å²) in [6, 6.07) is 0.503. The second-order valence-corrected chi connectivity index (χ2v) is 6.80. The largest absolute Gasteiger partial charge is 0.370 e. The Kier molecular flexibility index (Phi) is 8.55. The highest BCUT2D eigenvalue weighted by molar-refractivity contribution is 14.0. The number of nitrogens with two attached hydrogens (primary N) is 1. The van der Waals surface area contributed by atoms with E-state index in [0.717, 1.165) is 10.7 Å². The summed E-state index contributed by atoms with van der Waals surface area (Å²) in [5, 5.41) is 6.52. The number of hydrogen-bond donors (Lipinski definition) is 2. The van der Waals surface area contributed by atoms with Crippen molar-refractivity contribution in [3.63, 3.8) is 0 Å². The maximum absolute atomic E-state index is 5.99. The zero-order valence-corrected chi connectivity index (χ0v) is 16.1. The SMILES string of the molecule is CC(C)c1csc(CN=C(N)NC2CCCCCC2)n1.I. The molecule has 21 heavy (non-hydrogen) atoms. The van der Waals surface area contributed by atoms with Gasteiger partial charge in [0.15, 0.2) is 5.96 Å². The van der Waals surface area contributed by atoms with Crippen LogP contribution < -0.4 is 11.1 Å². The number of nitrogens with one attached hydrogen (secondary N) is 1. The Morgan fingerprint density at radius 1 is 1.38 bits per heavy atom. The van der Waals surface area contributed by atoms with Crippen molar-refractivity contribution in [1.29, 1.82) is 0 Å². The van der Waals surface area contributed by atoms with Crippen LogP contribution in [0.3, 0.4) is 0 Å². The van der Waals surface area contributed by atoms with Gasteiger partial charge in [0.25, 0.3) is 0 Å². The molecule has 4 nitrogen and oxygen atoms in total.